The second-order valence-electron chi connectivity index (χ2n) is 20.9. The quantitative estimate of drug-likeness (QED) is 0.0715. The fourth-order valence-corrected chi connectivity index (χ4v) is 8.93. The number of aryl methyl sites for hydroxylation is 3. The maximum absolute atomic E-state index is 7.03. The molecule has 0 amide bonds. The van der Waals surface area contributed by atoms with Crippen molar-refractivity contribution < 1.29 is 28.4 Å². The predicted molar refractivity (Wildman–Crippen MR) is 292 cm³/mol. The molecule has 0 N–H and O–H groups in total. The summed E-state index contributed by atoms with van der Waals surface area (Å²) in [6.07, 6.45) is 3.71. The molecule has 71 heavy (non-hydrogen) atoms. The molecular formula is C65H76O6. The average Bonchev–Trinajstić information content (AvgIpc) is 3.37. The molecular weight excluding hydrogens is 877 g/mol. The van der Waals surface area contributed by atoms with E-state index < -0.39 is 5.60 Å². The summed E-state index contributed by atoms with van der Waals surface area (Å²) in [4.78, 5) is 0. The maximum atomic E-state index is 7.03. The molecule has 7 aromatic rings. The molecule has 0 aliphatic heterocycles. The third kappa shape index (κ3) is 12.3. The van der Waals surface area contributed by atoms with Crippen LogP contribution in [0.4, 0.5) is 0 Å². The van der Waals surface area contributed by atoms with Crippen LogP contribution >= 0.6 is 0 Å². The smallest absolute Gasteiger partial charge is 0.130 e. The van der Waals surface area contributed by atoms with Gasteiger partial charge in [-0.15, -0.1) is 0 Å². The highest BCUT2D eigenvalue weighted by Gasteiger charge is 2.46. The Morgan fingerprint density at radius 3 is 1.17 bits per heavy atom. The molecule has 0 saturated carbocycles. The van der Waals surface area contributed by atoms with E-state index in [0.29, 0.717) is 0 Å². The van der Waals surface area contributed by atoms with Crippen LogP contribution < -0.4 is 28.4 Å². The van der Waals surface area contributed by atoms with Crippen LogP contribution in [-0.2, 0) is 10.8 Å². The summed E-state index contributed by atoms with van der Waals surface area (Å²) in [6.45, 7) is 30.7. The largest absolute Gasteiger partial charge is 0.488 e. The Bertz CT molecular complexity index is 2860. The molecule has 7 aromatic carbocycles. The van der Waals surface area contributed by atoms with Gasteiger partial charge in [0.15, 0.2) is 0 Å². The summed E-state index contributed by atoms with van der Waals surface area (Å²) in [5.41, 5.74) is 7.35. The molecule has 6 heteroatoms. The van der Waals surface area contributed by atoms with Crippen LogP contribution in [-0.4, -0.2) is 11.2 Å². The van der Waals surface area contributed by atoms with Gasteiger partial charge in [0.05, 0.1) is 0 Å². The van der Waals surface area contributed by atoms with E-state index in [9.17, 15) is 0 Å². The molecule has 0 saturated heterocycles. The molecule has 6 nitrogen and oxygen atoms in total. The van der Waals surface area contributed by atoms with E-state index in [1.807, 2.05) is 91.0 Å². The van der Waals surface area contributed by atoms with Crippen molar-refractivity contribution in [1.29, 1.82) is 0 Å². The minimum atomic E-state index is -0.515. The SMILES string of the molecule is CCC(C)(C)Oc1ccc(C(C)c2ccc(Oc3ccc(Oc4ccc(C(C)(CC)C(C)(CC)Oc5ccc(Oc6ccc(Oc7ccc(C(C)(C)CC)cc7)cc6)cc5C)cc4)cc3)c(C)c2)cc1C. The van der Waals surface area contributed by atoms with Crippen LogP contribution in [0.1, 0.15) is 147 Å². The fourth-order valence-electron chi connectivity index (χ4n) is 8.93. The van der Waals surface area contributed by atoms with Gasteiger partial charge in [0.25, 0.3) is 0 Å². The standard InChI is InChI=1S/C65H76O6/c1-15-62(9,10)50-21-25-52(26-22-50)66-54-29-31-56(32-30-54)68-58-37-40-61(46(7)43-58)71-65(14,18-4)64(13,17-3)51-23-27-53(28-24-51)67-55-33-35-57(36-34-55)69-59-38-19-48(41-44(59)5)47(8)49-20-39-60(45(6)42-49)70-63(11,12)16-2/h19-43,47H,15-18H2,1-14H3. The van der Waals surface area contributed by atoms with Gasteiger partial charge in [-0.2, -0.15) is 0 Å². The predicted octanol–water partition coefficient (Wildman–Crippen LogP) is 19.1. The van der Waals surface area contributed by atoms with Gasteiger partial charge in [0, 0.05) is 11.3 Å². The molecule has 3 unspecified atom stereocenters. The van der Waals surface area contributed by atoms with Gasteiger partial charge < -0.3 is 28.4 Å². The second kappa shape index (κ2) is 21.8. The van der Waals surface area contributed by atoms with Crippen molar-refractivity contribution in [2.45, 2.75) is 151 Å². The number of rotatable bonds is 21. The number of benzene rings is 7. The summed E-state index contributed by atoms with van der Waals surface area (Å²) in [5, 5.41) is 0. The van der Waals surface area contributed by atoms with E-state index >= 15 is 0 Å². The molecule has 0 spiro atoms. The number of hydrogen-bond acceptors (Lipinski definition) is 6. The highest BCUT2D eigenvalue weighted by molar-refractivity contribution is 5.48. The van der Waals surface area contributed by atoms with E-state index in [0.717, 1.165) is 99.9 Å². The second-order valence-corrected chi connectivity index (χ2v) is 20.9. The lowest BCUT2D eigenvalue weighted by Crippen LogP contribution is -2.51. The van der Waals surface area contributed by atoms with Gasteiger partial charge in [0.1, 0.15) is 68.7 Å². The lowest BCUT2D eigenvalue weighted by molar-refractivity contribution is 0.00243. The van der Waals surface area contributed by atoms with Crippen LogP contribution in [0.3, 0.4) is 0 Å². The Morgan fingerprint density at radius 2 is 0.746 bits per heavy atom. The Balaban J connectivity index is 0.941. The average molecular weight is 953 g/mol. The third-order valence-corrected chi connectivity index (χ3v) is 15.3. The number of hydrogen-bond donors (Lipinski definition) is 0. The normalized spacial score (nSPS) is 13.9. The first-order chi connectivity index (χ1) is 33.8. The van der Waals surface area contributed by atoms with E-state index in [1.165, 1.54) is 22.3 Å². The van der Waals surface area contributed by atoms with Crippen LogP contribution in [0, 0.1) is 20.8 Å². The van der Waals surface area contributed by atoms with E-state index in [1.54, 1.807) is 0 Å². The van der Waals surface area contributed by atoms with Crippen molar-refractivity contribution in [1.82, 2.24) is 0 Å². The first-order valence-corrected chi connectivity index (χ1v) is 25.6. The molecule has 0 aliphatic carbocycles. The van der Waals surface area contributed by atoms with Gasteiger partial charge in [-0.25, -0.2) is 0 Å². The van der Waals surface area contributed by atoms with Gasteiger partial charge in [0.2, 0.25) is 0 Å². The molecule has 372 valence electrons. The van der Waals surface area contributed by atoms with E-state index in [-0.39, 0.29) is 22.3 Å². The van der Waals surface area contributed by atoms with Gasteiger partial charge >= 0.3 is 0 Å². The minimum absolute atomic E-state index is 0.137. The van der Waals surface area contributed by atoms with Gasteiger partial charge in [-0.3, -0.25) is 0 Å². The zero-order valence-electron chi connectivity index (χ0n) is 44.8. The van der Waals surface area contributed by atoms with Crippen molar-refractivity contribution in [2.24, 2.45) is 0 Å². The number of ether oxygens (including phenoxy) is 6. The summed E-state index contributed by atoms with van der Waals surface area (Å²) < 4.78 is 38.5. The Labute approximate surface area is 425 Å². The first-order valence-electron chi connectivity index (χ1n) is 25.6. The summed E-state index contributed by atoms with van der Waals surface area (Å²) in [5.74, 6) is 8.11. The fraction of sp³-hybridized carbons (Fsp3) is 0.354. The van der Waals surface area contributed by atoms with Crippen LogP contribution in [0.15, 0.2) is 152 Å². The summed E-state index contributed by atoms with van der Waals surface area (Å²) >= 11 is 0. The molecule has 0 radical (unpaired) electrons. The van der Waals surface area contributed by atoms with Crippen molar-refractivity contribution >= 4 is 0 Å². The summed E-state index contributed by atoms with van der Waals surface area (Å²) in [7, 11) is 0. The van der Waals surface area contributed by atoms with Crippen LogP contribution in [0.25, 0.3) is 0 Å². The topological polar surface area (TPSA) is 55.4 Å². The zero-order chi connectivity index (χ0) is 51.1. The summed E-state index contributed by atoms with van der Waals surface area (Å²) in [6, 6.07) is 51.4. The maximum Gasteiger partial charge on any atom is 0.130 e. The Morgan fingerprint density at radius 1 is 0.366 bits per heavy atom. The van der Waals surface area contributed by atoms with Crippen molar-refractivity contribution in [2.75, 3.05) is 0 Å². The minimum Gasteiger partial charge on any atom is -0.488 e. The van der Waals surface area contributed by atoms with Gasteiger partial charge in [-0.05, 0) is 215 Å². The molecule has 7 rings (SSSR count). The molecule has 0 aliphatic rings. The molecule has 3 atom stereocenters. The van der Waals surface area contributed by atoms with Crippen LogP contribution in [0.2, 0.25) is 0 Å². The van der Waals surface area contributed by atoms with Crippen LogP contribution in [0.5, 0.6) is 57.5 Å². The molecule has 0 heterocycles. The first kappa shape index (κ1) is 52.2. The van der Waals surface area contributed by atoms with E-state index in [4.69, 9.17) is 28.4 Å². The lowest BCUT2D eigenvalue weighted by Gasteiger charge is -2.46. The monoisotopic (exact) mass is 953 g/mol. The van der Waals surface area contributed by atoms with Crippen molar-refractivity contribution in [3.05, 3.63) is 191 Å². The highest BCUT2D eigenvalue weighted by Crippen LogP contribution is 2.45. The highest BCUT2D eigenvalue weighted by atomic mass is 16.5. The third-order valence-electron chi connectivity index (χ3n) is 15.3. The lowest BCUT2D eigenvalue weighted by atomic mass is 9.66. The van der Waals surface area contributed by atoms with E-state index in [2.05, 4.69) is 158 Å². The van der Waals surface area contributed by atoms with Crippen molar-refractivity contribution in [3.8, 4) is 57.5 Å². The molecule has 0 aromatic heterocycles. The Kier molecular flexibility index (Phi) is 16.0. The zero-order valence-corrected chi connectivity index (χ0v) is 44.8. The van der Waals surface area contributed by atoms with Gasteiger partial charge in [-0.1, -0.05) is 104 Å². The van der Waals surface area contributed by atoms with Crippen molar-refractivity contribution in [3.63, 3.8) is 0 Å². The molecule has 0 fully saturated rings. The Hall–Kier alpha value is -6.66. The molecule has 0 bridgehead atoms.